The lowest BCUT2D eigenvalue weighted by Gasteiger charge is -2.10. The van der Waals surface area contributed by atoms with Gasteiger partial charge < -0.3 is 10.6 Å². The first-order chi connectivity index (χ1) is 14.5. The molecule has 0 aliphatic carbocycles. The molecule has 0 saturated carbocycles. The zero-order chi connectivity index (χ0) is 21.3. The number of anilines is 2. The quantitative estimate of drug-likeness (QED) is 0.596. The fourth-order valence-electron chi connectivity index (χ4n) is 3.72. The van der Waals surface area contributed by atoms with Crippen molar-refractivity contribution in [2.75, 3.05) is 10.6 Å². The number of nitrogens with zero attached hydrogens (tertiary/aromatic N) is 2. The number of carbonyl (C=O) groups excluding carboxylic acids is 2. The molecule has 1 unspecified atom stereocenters. The molecule has 30 heavy (non-hydrogen) atoms. The van der Waals surface area contributed by atoms with Crippen molar-refractivity contribution in [2.24, 2.45) is 0 Å². The second-order valence-electron chi connectivity index (χ2n) is 7.29. The zero-order valence-electron chi connectivity index (χ0n) is 16.9. The van der Waals surface area contributed by atoms with E-state index in [0.29, 0.717) is 22.9 Å². The lowest BCUT2D eigenvalue weighted by molar-refractivity contribution is -0.123. The standard InChI is InChI=1S/C23H23ClN4O2/c1-3-14-8-10-17(11-9-14)25-20(29)13-19-23(30)26-22-21(18(4-2)27-28(19)22)15-6-5-7-16(24)12-15/h5-12,19H,3-4,13H2,1-2H3,(H,25,29)(H,26,30). The van der Waals surface area contributed by atoms with Gasteiger partial charge in [-0.1, -0.05) is 49.7 Å². The first-order valence-electron chi connectivity index (χ1n) is 10.1. The van der Waals surface area contributed by atoms with E-state index in [1.165, 1.54) is 5.56 Å². The number of aryl methyl sites for hydroxylation is 2. The molecule has 154 valence electrons. The van der Waals surface area contributed by atoms with Gasteiger partial charge in [-0.3, -0.25) is 9.59 Å². The SMILES string of the molecule is CCc1ccc(NC(=O)CC2C(=O)Nc3c(-c4cccc(Cl)c4)c(CC)nn32)cc1. The average molecular weight is 423 g/mol. The zero-order valence-corrected chi connectivity index (χ0v) is 17.7. The first-order valence-corrected chi connectivity index (χ1v) is 10.4. The Morgan fingerprint density at radius 3 is 2.60 bits per heavy atom. The summed E-state index contributed by atoms with van der Waals surface area (Å²) in [5, 5.41) is 11.0. The van der Waals surface area contributed by atoms with Crippen molar-refractivity contribution in [1.29, 1.82) is 0 Å². The van der Waals surface area contributed by atoms with Gasteiger partial charge in [-0.15, -0.1) is 0 Å². The van der Waals surface area contributed by atoms with Crippen molar-refractivity contribution in [1.82, 2.24) is 9.78 Å². The molecule has 7 heteroatoms. The van der Waals surface area contributed by atoms with E-state index in [-0.39, 0.29) is 18.2 Å². The number of nitrogens with one attached hydrogen (secondary N) is 2. The van der Waals surface area contributed by atoms with Crippen LogP contribution in [0.4, 0.5) is 11.5 Å². The van der Waals surface area contributed by atoms with Crippen LogP contribution in [0.3, 0.4) is 0 Å². The molecule has 4 rings (SSSR count). The van der Waals surface area contributed by atoms with E-state index in [4.69, 9.17) is 11.6 Å². The van der Waals surface area contributed by atoms with E-state index in [1.54, 1.807) is 10.7 Å². The highest BCUT2D eigenvalue weighted by atomic mass is 35.5. The number of halogens is 1. The molecule has 1 atom stereocenters. The maximum Gasteiger partial charge on any atom is 0.251 e. The number of hydrogen-bond donors (Lipinski definition) is 2. The number of carbonyl (C=O) groups is 2. The summed E-state index contributed by atoms with van der Waals surface area (Å²) in [7, 11) is 0. The van der Waals surface area contributed by atoms with Crippen LogP contribution in [-0.2, 0) is 22.4 Å². The lowest BCUT2D eigenvalue weighted by atomic mass is 10.0. The molecule has 0 fully saturated rings. The van der Waals surface area contributed by atoms with Crippen LogP contribution in [0, 0.1) is 0 Å². The monoisotopic (exact) mass is 422 g/mol. The van der Waals surface area contributed by atoms with Crippen molar-refractivity contribution < 1.29 is 9.59 Å². The summed E-state index contributed by atoms with van der Waals surface area (Å²) in [5.41, 5.74) is 4.51. The predicted octanol–water partition coefficient (Wildman–Crippen LogP) is 4.85. The Balaban J connectivity index is 1.58. The maximum atomic E-state index is 12.6. The van der Waals surface area contributed by atoms with Gasteiger partial charge in [0.15, 0.2) is 0 Å². The Labute approximate surface area is 180 Å². The molecule has 2 amide bonds. The molecule has 0 radical (unpaired) electrons. The predicted molar refractivity (Wildman–Crippen MR) is 119 cm³/mol. The van der Waals surface area contributed by atoms with Gasteiger partial charge >= 0.3 is 0 Å². The molecule has 0 saturated heterocycles. The summed E-state index contributed by atoms with van der Waals surface area (Å²) in [6.45, 7) is 4.09. The van der Waals surface area contributed by atoms with E-state index in [2.05, 4.69) is 22.7 Å². The van der Waals surface area contributed by atoms with E-state index < -0.39 is 6.04 Å². The number of aromatic nitrogens is 2. The van der Waals surface area contributed by atoms with Crippen LogP contribution in [0.1, 0.15) is 37.6 Å². The van der Waals surface area contributed by atoms with Crippen molar-refractivity contribution >= 4 is 34.9 Å². The minimum atomic E-state index is -0.687. The summed E-state index contributed by atoms with van der Waals surface area (Å²) >= 11 is 6.16. The Morgan fingerprint density at radius 1 is 1.17 bits per heavy atom. The third-order valence-electron chi connectivity index (χ3n) is 5.30. The summed E-state index contributed by atoms with van der Waals surface area (Å²) in [5.74, 6) is 0.147. The molecule has 2 aromatic carbocycles. The second-order valence-corrected chi connectivity index (χ2v) is 7.72. The number of hydrogen-bond acceptors (Lipinski definition) is 3. The van der Waals surface area contributed by atoms with Crippen molar-refractivity contribution in [3.63, 3.8) is 0 Å². The van der Waals surface area contributed by atoms with Crippen molar-refractivity contribution in [2.45, 2.75) is 39.2 Å². The molecule has 0 bridgehead atoms. The number of amides is 2. The van der Waals surface area contributed by atoms with Gasteiger partial charge in [-0.05, 0) is 48.2 Å². The molecule has 1 aliphatic rings. The van der Waals surface area contributed by atoms with Gasteiger partial charge in [-0.2, -0.15) is 5.10 Å². The highest BCUT2D eigenvalue weighted by molar-refractivity contribution is 6.30. The lowest BCUT2D eigenvalue weighted by Crippen LogP contribution is -2.23. The summed E-state index contributed by atoms with van der Waals surface area (Å²) in [6, 6.07) is 14.5. The topological polar surface area (TPSA) is 76.0 Å². The fraction of sp³-hybridized carbons (Fsp3) is 0.261. The molecule has 2 heterocycles. The highest BCUT2D eigenvalue weighted by Crippen LogP contribution is 2.39. The third-order valence-corrected chi connectivity index (χ3v) is 5.53. The van der Waals surface area contributed by atoms with Crippen LogP contribution in [0.15, 0.2) is 48.5 Å². The normalized spacial score (nSPS) is 15.0. The fourth-order valence-corrected chi connectivity index (χ4v) is 3.91. The number of benzene rings is 2. The smallest absolute Gasteiger partial charge is 0.251 e. The van der Waals surface area contributed by atoms with Gasteiger partial charge in [0.05, 0.1) is 12.1 Å². The van der Waals surface area contributed by atoms with Crippen molar-refractivity contribution in [3.8, 4) is 11.1 Å². The Kier molecular flexibility index (Phi) is 5.59. The molecule has 6 nitrogen and oxygen atoms in total. The van der Waals surface area contributed by atoms with Crippen LogP contribution >= 0.6 is 11.6 Å². The van der Waals surface area contributed by atoms with Crippen molar-refractivity contribution in [3.05, 3.63) is 64.8 Å². The summed E-state index contributed by atoms with van der Waals surface area (Å²) in [4.78, 5) is 25.2. The summed E-state index contributed by atoms with van der Waals surface area (Å²) < 4.78 is 1.64. The molecule has 1 aliphatic heterocycles. The van der Waals surface area contributed by atoms with Gasteiger partial charge in [0.25, 0.3) is 5.91 Å². The first kappa shape index (κ1) is 20.2. The number of rotatable bonds is 6. The molecule has 3 aromatic rings. The number of fused-ring (bicyclic) bond motifs is 1. The Morgan fingerprint density at radius 2 is 1.93 bits per heavy atom. The largest absolute Gasteiger partial charge is 0.326 e. The van der Waals surface area contributed by atoms with Gasteiger partial charge in [0.2, 0.25) is 5.91 Å². The second kappa shape index (κ2) is 8.32. The van der Waals surface area contributed by atoms with Gasteiger partial charge in [-0.25, -0.2) is 4.68 Å². The third kappa shape index (κ3) is 3.83. The van der Waals surface area contributed by atoms with Crippen LogP contribution in [0.5, 0.6) is 0 Å². The van der Waals surface area contributed by atoms with E-state index in [9.17, 15) is 9.59 Å². The Hall–Kier alpha value is -3.12. The van der Waals surface area contributed by atoms with Gasteiger partial charge in [0, 0.05) is 16.3 Å². The molecule has 1 aromatic heterocycles. The molecular weight excluding hydrogens is 400 g/mol. The minimum absolute atomic E-state index is 0.00812. The van der Waals surface area contributed by atoms with E-state index in [0.717, 1.165) is 23.2 Å². The Bertz CT molecular complexity index is 1100. The van der Waals surface area contributed by atoms with Crippen LogP contribution in [0.2, 0.25) is 5.02 Å². The molecule has 0 spiro atoms. The highest BCUT2D eigenvalue weighted by Gasteiger charge is 2.36. The molecular formula is C23H23ClN4O2. The average Bonchev–Trinajstić information content (AvgIpc) is 3.24. The van der Waals surface area contributed by atoms with Crippen LogP contribution in [-0.4, -0.2) is 21.6 Å². The molecule has 2 N–H and O–H groups in total. The van der Waals surface area contributed by atoms with Crippen LogP contribution < -0.4 is 10.6 Å². The van der Waals surface area contributed by atoms with E-state index in [1.807, 2.05) is 49.4 Å². The summed E-state index contributed by atoms with van der Waals surface area (Å²) in [6.07, 6.45) is 1.64. The maximum absolute atomic E-state index is 12.6. The van der Waals surface area contributed by atoms with E-state index >= 15 is 0 Å². The van der Waals surface area contributed by atoms with Crippen LogP contribution in [0.25, 0.3) is 11.1 Å². The minimum Gasteiger partial charge on any atom is -0.326 e. The van der Waals surface area contributed by atoms with Gasteiger partial charge in [0.1, 0.15) is 11.9 Å².